The summed E-state index contributed by atoms with van der Waals surface area (Å²) in [5.41, 5.74) is 0. The van der Waals surface area contributed by atoms with Gasteiger partial charge in [-0.15, -0.1) is 0 Å². The van der Waals surface area contributed by atoms with Crippen molar-refractivity contribution >= 4 is 17.9 Å². The van der Waals surface area contributed by atoms with E-state index in [-0.39, 0.29) is 17.8 Å². The fraction of sp³-hybridized carbons (Fsp3) is 0.864. The molecule has 2 aliphatic rings. The Morgan fingerprint density at radius 2 is 1.32 bits per heavy atom. The molecule has 25 heavy (non-hydrogen) atoms. The molecule has 2 rings (SSSR count). The van der Waals surface area contributed by atoms with Gasteiger partial charge in [0.1, 0.15) is 17.9 Å². The van der Waals surface area contributed by atoms with Crippen LogP contribution in [-0.4, -0.2) is 17.9 Å². The molecule has 2 saturated carbocycles. The smallest absolute Gasteiger partial charge is 0.135 e. The standard InChI is InChI=1S/C22H36O3/c1-3-5-6-22(25)19-13-9-17(10-14-19)20(15-23)16-7-11-18(12-8-16)21(24)4-2/h15-20H,3-14H2,1-2H3. The van der Waals surface area contributed by atoms with Crippen LogP contribution in [0.2, 0.25) is 0 Å². The molecular weight excluding hydrogens is 312 g/mol. The Hall–Kier alpha value is -0.990. The van der Waals surface area contributed by atoms with Gasteiger partial charge in [0.25, 0.3) is 0 Å². The van der Waals surface area contributed by atoms with Crippen LogP contribution < -0.4 is 0 Å². The van der Waals surface area contributed by atoms with E-state index in [1.165, 1.54) is 6.29 Å². The van der Waals surface area contributed by atoms with Gasteiger partial charge in [-0.05, 0) is 69.6 Å². The lowest BCUT2D eigenvalue weighted by molar-refractivity contribution is -0.124. The van der Waals surface area contributed by atoms with Gasteiger partial charge in [0, 0.05) is 30.6 Å². The third-order valence-corrected chi connectivity index (χ3v) is 6.83. The van der Waals surface area contributed by atoms with Crippen LogP contribution in [0, 0.1) is 29.6 Å². The lowest BCUT2D eigenvalue weighted by Gasteiger charge is -2.37. The Morgan fingerprint density at radius 3 is 1.72 bits per heavy atom. The van der Waals surface area contributed by atoms with Crippen molar-refractivity contribution in [3.63, 3.8) is 0 Å². The molecule has 0 saturated heterocycles. The van der Waals surface area contributed by atoms with E-state index >= 15 is 0 Å². The van der Waals surface area contributed by atoms with E-state index in [0.717, 1.165) is 70.6 Å². The molecule has 3 heteroatoms. The SMILES string of the molecule is CCCCC(=O)C1CCC(C(C=O)C2CCC(C(=O)CC)CC2)CC1. The number of hydrogen-bond acceptors (Lipinski definition) is 3. The lowest BCUT2D eigenvalue weighted by atomic mass is 9.66. The zero-order valence-electron chi connectivity index (χ0n) is 16.2. The van der Waals surface area contributed by atoms with Gasteiger partial charge in [0.2, 0.25) is 0 Å². The first kappa shape index (κ1) is 20.3. The van der Waals surface area contributed by atoms with E-state index in [1.807, 2.05) is 6.92 Å². The van der Waals surface area contributed by atoms with Crippen molar-refractivity contribution in [3.05, 3.63) is 0 Å². The van der Waals surface area contributed by atoms with Gasteiger partial charge >= 0.3 is 0 Å². The average Bonchev–Trinajstić information content (AvgIpc) is 2.67. The number of carbonyl (C=O) groups is 3. The number of aldehydes is 1. The van der Waals surface area contributed by atoms with Gasteiger partial charge in [0.05, 0.1) is 0 Å². The highest BCUT2D eigenvalue weighted by molar-refractivity contribution is 5.81. The quantitative estimate of drug-likeness (QED) is 0.541. The van der Waals surface area contributed by atoms with Crippen molar-refractivity contribution in [3.8, 4) is 0 Å². The predicted octanol–water partition coefficient (Wildman–Crippen LogP) is 5.15. The third kappa shape index (κ3) is 5.49. The maximum atomic E-state index is 12.2. The molecule has 0 bridgehead atoms. The van der Waals surface area contributed by atoms with E-state index in [2.05, 4.69) is 6.92 Å². The van der Waals surface area contributed by atoms with Crippen LogP contribution in [0.1, 0.15) is 90.9 Å². The van der Waals surface area contributed by atoms with Gasteiger partial charge in [0.15, 0.2) is 0 Å². The fourth-order valence-corrected chi connectivity index (χ4v) is 5.10. The Kier molecular flexibility index (Phi) is 8.32. The molecule has 2 aliphatic carbocycles. The van der Waals surface area contributed by atoms with Crippen LogP contribution in [-0.2, 0) is 14.4 Å². The number of unbranched alkanes of at least 4 members (excludes halogenated alkanes) is 1. The largest absolute Gasteiger partial charge is 0.303 e. The first-order chi connectivity index (χ1) is 12.1. The predicted molar refractivity (Wildman–Crippen MR) is 100 cm³/mol. The molecule has 0 aromatic rings. The highest BCUT2D eigenvalue weighted by Crippen LogP contribution is 2.42. The van der Waals surface area contributed by atoms with E-state index < -0.39 is 0 Å². The van der Waals surface area contributed by atoms with E-state index in [4.69, 9.17) is 0 Å². The van der Waals surface area contributed by atoms with Gasteiger partial charge in [-0.25, -0.2) is 0 Å². The molecule has 1 unspecified atom stereocenters. The van der Waals surface area contributed by atoms with Crippen LogP contribution in [0.25, 0.3) is 0 Å². The topological polar surface area (TPSA) is 51.2 Å². The molecule has 0 aromatic heterocycles. The molecule has 0 aromatic carbocycles. The number of ketones is 2. The first-order valence-corrected chi connectivity index (χ1v) is 10.6. The number of carbonyl (C=O) groups excluding carboxylic acids is 3. The van der Waals surface area contributed by atoms with Crippen molar-refractivity contribution < 1.29 is 14.4 Å². The first-order valence-electron chi connectivity index (χ1n) is 10.6. The van der Waals surface area contributed by atoms with Gasteiger partial charge in [-0.3, -0.25) is 9.59 Å². The normalized spacial score (nSPS) is 31.3. The highest BCUT2D eigenvalue weighted by Gasteiger charge is 2.36. The summed E-state index contributed by atoms with van der Waals surface area (Å²) in [4.78, 5) is 35.9. The van der Waals surface area contributed by atoms with E-state index in [0.29, 0.717) is 29.8 Å². The molecule has 0 amide bonds. The van der Waals surface area contributed by atoms with Crippen LogP contribution in [0.15, 0.2) is 0 Å². The molecule has 0 N–H and O–H groups in total. The summed E-state index contributed by atoms with van der Waals surface area (Å²) in [5.74, 6) is 2.37. The highest BCUT2D eigenvalue weighted by atomic mass is 16.1. The molecule has 3 nitrogen and oxygen atoms in total. The molecule has 0 spiro atoms. The summed E-state index contributed by atoms with van der Waals surface area (Å²) in [5, 5.41) is 0. The summed E-state index contributed by atoms with van der Waals surface area (Å²) >= 11 is 0. The molecule has 1 atom stereocenters. The summed E-state index contributed by atoms with van der Waals surface area (Å²) in [6.07, 6.45) is 12.6. The minimum Gasteiger partial charge on any atom is -0.303 e. The lowest BCUT2D eigenvalue weighted by Crippen LogP contribution is -2.33. The van der Waals surface area contributed by atoms with Crippen LogP contribution in [0.5, 0.6) is 0 Å². The van der Waals surface area contributed by atoms with Crippen molar-refractivity contribution in [1.29, 1.82) is 0 Å². The molecule has 0 aliphatic heterocycles. The second-order valence-corrected chi connectivity index (χ2v) is 8.33. The fourth-order valence-electron chi connectivity index (χ4n) is 5.10. The summed E-state index contributed by atoms with van der Waals surface area (Å²) in [6.45, 7) is 4.07. The van der Waals surface area contributed by atoms with Crippen LogP contribution in [0.3, 0.4) is 0 Å². The maximum absolute atomic E-state index is 12.2. The molecule has 2 fully saturated rings. The maximum Gasteiger partial charge on any atom is 0.135 e. The Bertz CT molecular complexity index is 440. The van der Waals surface area contributed by atoms with Gasteiger partial charge in [-0.1, -0.05) is 20.3 Å². The number of hydrogen-bond donors (Lipinski definition) is 0. The van der Waals surface area contributed by atoms with E-state index in [9.17, 15) is 14.4 Å². The Balaban J connectivity index is 1.81. The van der Waals surface area contributed by atoms with E-state index in [1.54, 1.807) is 0 Å². The van der Waals surface area contributed by atoms with Crippen LogP contribution in [0.4, 0.5) is 0 Å². The molecule has 0 heterocycles. The summed E-state index contributed by atoms with van der Waals surface area (Å²) in [7, 11) is 0. The minimum absolute atomic E-state index is 0.143. The monoisotopic (exact) mass is 348 g/mol. The van der Waals surface area contributed by atoms with Crippen molar-refractivity contribution in [1.82, 2.24) is 0 Å². The number of rotatable bonds is 9. The zero-order chi connectivity index (χ0) is 18.2. The Morgan fingerprint density at radius 1 is 0.840 bits per heavy atom. The second-order valence-electron chi connectivity index (χ2n) is 8.33. The Labute approximate surface area is 153 Å². The molecular formula is C22H36O3. The number of Topliss-reactive ketones (excluding diaryl/α,β-unsaturated/α-hetero) is 2. The zero-order valence-corrected chi connectivity index (χ0v) is 16.2. The minimum atomic E-state index is 0.143. The molecule has 142 valence electrons. The van der Waals surface area contributed by atoms with Crippen LogP contribution >= 0.6 is 0 Å². The third-order valence-electron chi connectivity index (χ3n) is 6.83. The van der Waals surface area contributed by atoms with Crippen molar-refractivity contribution in [2.45, 2.75) is 90.9 Å². The second kappa shape index (κ2) is 10.2. The molecule has 0 radical (unpaired) electrons. The average molecular weight is 349 g/mol. The van der Waals surface area contributed by atoms with Gasteiger partial charge < -0.3 is 4.79 Å². The summed E-state index contributed by atoms with van der Waals surface area (Å²) < 4.78 is 0. The van der Waals surface area contributed by atoms with Crippen molar-refractivity contribution in [2.75, 3.05) is 0 Å². The van der Waals surface area contributed by atoms with Crippen molar-refractivity contribution in [2.24, 2.45) is 29.6 Å². The summed E-state index contributed by atoms with van der Waals surface area (Å²) in [6, 6.07) is 0. The van der Waals surface area contributed by atoms with Gasteiger partial charge in [-0.2, -0.15) is 0 Å².